The molecule has 0 spiro atoms. The summed E-state index contributed by atoms with van der Waals surface area (Å²) in [5.41, 5.74) is 1.14. The number of sulfonamides is 2. The molecule has 25 heavy (non-hydrogen) atoms. The molecular weight excluding hydrogens is 358 g/mol. The molecule has 0 saturated heterocycles. The first kappa shape index (κ1) is 19.6. The first-order valence-corrected chi connectivity index (χ1v) is 11.3. The largest absolute Gasteiger partial charge is 0.231 e. The molecule has 136 valence electrons. The minimum Gasteiger partial charge on any atom is -0.211 e. The van der Waals surface area contributed by atoms with Crippen LogP contribution in [0.25, 0.3) is 0 Å². The SMILES string of the molecule is CCC(c1ccccc1)S(=O)(=O)NS(=O)(=O)C(CC)c1ccccc1. The van der Waals surface area contributed by atoms with Crippen molar-refractivity contribution >= 4 is 20.0 Å². The number of rotatable bonds is 8. The van der Waals surface area contributed by atoms with Crippen molar-refractivity contribution in [3.05, 3.63) is 71.8 Å². The van der Waals surface area contributed by atoms with Gasteiger partial charge in [0.2, 0.25) is 20.0 Å². The number of hydrogen-bond acceptors (Lipinski definition) is 4. The highest BCUT2D eigenvalue weighted by atomic mass is 32.3. The van der Waals surface area contributed by atoms with Gasteiger partial charge in [0.05, 0.1) is 0 Å². The summed E-state index contributed by atoms with van der Waals surface area (Å²) in [5.74, 6) is 0. The zero-order valence-corrected chi connectivity index (χ0v) is 15.9. The van der Waals surface area contributed by atoms with Crippen LogP contribution in [-0.4, -0.2) is 16.8 Å². The number of benzene rings is 2. The average molecular weight is 382 g/mol. The van der Waals surface area contributed by atoms with Gasteiger partial charge in [0.15, 0.2) is 0 Å². The van der Waals surface area contributed by atoms with E-state index in [0.717, 1.165) is 0 Å². The Hall–Kier alpha value is -1.70. The zero-order chi connectivity index (χ0) is 18.5. The van der Waals surface area contributed by atoms with Gasteiger partial charge >= 0.3 is 0 Å². The third-order valence-electron chi connectivity index (χ3n) is 4.07. The molecule has 0 bridgehead atoms. The van der Waals surface area contributed by atoms with Crippen LogP contribution in [0, 0.1) is 0 Å². The van der Waals surface area contributed by atoms with E-state index in [1.165, 1.54) is 0 Å². The highest BCUT2D eigenvalue weighted by molar-refractivity contribution is 8.04. The number of nitrogens with one attached hydrogen (secondary N) is 1. The fourth-order valence-corrected chi connectivity index (χ4v) is 7.01. The Morgan fingerprint density at radius 1 is 0.680 bits per heavy atom. The maximum absolute atomic E-state index is 12.7. The second-order valence-electron chi connectivity index (χ2n) is 5.79. The maximum atomic E-state index is 12.7. The minimum atomic E-state index is -4.08. The Kier molecular flexibility index (Phi) is 6.37. The molecule has 0 radical (unpaired) electrons. The van der Waals surface area contributed by atoms with E-state index in [-0.39, 0.29) is 12.8 Å². The van der Waals surface area contributed by atoms with Gasteiger partial charge < -0.3 is 0 Å². The van der Waals surface area contributed by atoms with E-state index in [9.17, 15) is 16.8 Å². The molecule has 0 aromatic heterocycles. The van der Waals surface area contributed by atoms with E-state index in [1.807, 2.05) is 4.13 Å². The number of hydrogen-bond donors (Lipinski definition) is 1. The molecule has 1 N–H and O–H groups in total. The Morgan fingerprint density at radius 3 is 1.28 bits per heavy atom. The topological polar surface area (TPSA) is 80.3 Å². The summed E-state index contributed by atoms with van der Waals surface area (Å²) in [5, 5.41) is -1.84. The van der Waals surface area contributed by atoms with Crippen molar-refractivity contribution in [2.24, 2.45) is 0 Å². The van der Waals surface area contributed by atoms with Gasteiger partial charge in [-0.1, -0.05) is 74.5 Å². The molecule has 2 rings (SSSR count). The van der Waals surface area contributed by atoms with Gasteiger partial charge in [-0.3, -0.25) is 0 Å². The fraction of sp³-hybridized carbons (Fsp3) is 0.333. The van der Waals surface area contributed by atoms with E-state index in [0.29, 0.717) is 11.1 Å². The normalized spacial score (nSPS) is 14.8. The lowest BCUT2D eigenvalue weighted by Crippen LogP contribution is -2.37. The standard InChI is InChI=1S/C18H23NO4S2/c1-3-17(15-11-7-5-8-12-15)24(20,21)19-25(22,23)18(4-2)16-13-9-6-10-14-16/h5-14,17-19H,3-4H2,1-2H3. The average Bonchev–Trinajstić information content (AvgIpc) is 2.56. The van der Waals surface area contributed by atoms with Crippen LogP contribution in [0.2, 0.25) is 0 Å². The Labute approximate surface area is 150 Å². The van der Waals surface area contributed by atoms with Crippen molar-refractivity contribution in [1.82, 2.24) is 4.13 Å². The van der Waals surface area contributed by atoms with E-state index in [2.05, 4.69) is 0 Å². The smallest absolute Gasteiger partial charge is 0.211 e. The van der Waals surface area contributed by atoms with E-state index in [4.69, 9.17) is 0 Å². The molecule has 2 aromatic carbocycles. The third kappa shape index (κ3) is 4.68. The summed E-state index contributed by atoms with van der Waals surface area (Å²) >= 11 is 0. The molecule has 7 heteroatoms. The van der Waals surface area contributed by atoms with Crippen LogP contribution in [0.5, 0.6) is 0 Å². The molecule has 0 aliphatic rings. The highest BCUT2D eigenvalue weighted by Crippen LogP contribution is 2.29. The molecule has 2 atom stereocenters. The van der Waals surface area contributed by atoms with Gasteiger partial charge in [-0.05, 0) is 24.0 Å². The fourth-order valence-electron chi connectivity index (χ4n) is 2.88. The second kappa shape index (κ2) is 8.12. The molecule has 0 amide bonds. The Morgan fingerprint density at radius 2 is 1.00 bits per heavy atom. The summed E-state index contributed by atoms with van der Waals surface area (Å²) < 4.78 is 52.9. The van der Waals surface area contributed by atoms with Crippen molar-refractivity contribution in [3.8, 4) is 0 Å². The van der Waals surface area contributed by atoms with Crippen molar-refractivity contribution in [3.63, 3.8) is 0 Å². The van der Waals surface area contributed by atoms with Crippen LogP contribution >= 0.6 is 0 Å². The van der Waals surface area contributed by atoms with Crippen LogP contribution in [0.3, 0.4) is 0 Å². The van der Waals surface area contributed by atoms with Gasteiger partial charge in [0.25, 0.3) is 0 Å². The first-order valence-electron chi connectivity index (χ1n) is 8.18. The molecule has 0 saturated carbocycles. The van der Waals surface area contributed by atoms with Gasteiger partial charge in [-0.2, -0.15) is 0 Å². The van der Waals surface area contributed by atoms with Crippen molar-refractivity contribution in [2.45, 2.75) is 37.2 Å². The van der Waals surface area contributed by atoms with Gasteiger partial charge in [-0.15, -0.1) is 4.13 Å². The minimum absolute atomic E-state index is 0.275. The predicted molar refractivity (Wildman–Crippen MR) is 99.9 cm³/mol. The monoisotopic (exact) mass is 381 g/mol. The highest BCUT2D eigenvalue weighted by Gasteiger charge is 2.34. The molecule has 2 unspecified atom stereocenters. The van der Waals surface area contributed by atoms with Gasteiger partial charge in [-0.25, -0.2) is 16.8 Å². The van der Waals surface area contributed by atoms with Crippen LogP contribution in [0.4, 0.5) is 0 Å². The van der Waals surface area contributed by atoms with Crippen molar-refractivity contribution < 1.29 is 16.8 Å². The first-order chi connectivity index (χ1) is 11.8. The zero-order valence-electron chi connectivity index (χ0n) is 14.3. The lowest BCUT2D eigenvalue weighted by Gasteiger charge is -2.21. The van der Waals surface area contributed by atoms with Crippen molar-refractivity contribution in [1.29, 1.82) is 0 Å². The van der Waals surface area contributed by atoms with Gasteiger partial charge in [0, 0.05) is 0 Å². The van der Waals surface area contributed by atoms with E-state index < -0.39 is 30.5 Å². The third-order valence-corrected chi connectivity index (χ3v) is 8.63. The predicted octanol–water partition coefficient (Wildman–Crippen LogP) is 3.54. The molecule has 2 aromatic rings. The van der Waals surface area contributed by atoms with Crippen LogP contribution in [0.1, 0.15) is 48.3 Å². The lowest BCUT2D eigenvalue weighted by atomic mass is 10.1. The lowest BCUT2D eigenvalue weighted by molar-refractivity contribution is 0.558. The molecule has 0 aliphatic heterocycles. The molecular formula is C18H23NO4S2. The summed E-state index contributed by atoms with van der Waals surface area (Å²) in [6, 6.07) is 17.3. The van der Waals surface area contributed by atoms with Gasteiger partial charge in [0.1, 0.15) is 10.5 Å². The summed E-state index contributed by atoms with van der Waals surface area (Å²) in [4.78, 5) is 0. The van der Waals surface area contributed by atoms with Crippen LogP contribution in [0.15, 0.2) is 60.7 Å². The molecule has 5 nitrogen and oxygen atoms in total. The molecule has 0 aliphatic carbocycles. The molecule has 0 heterocycles. The summed E-state index contributed by atoms with van der Waals surface area (Å²) in [6.07, 6.45) is 0.550. The van der Waals surface area contributed by atoms with Crippen LogP contribution < -0.4 is 4.13 Å². The van der Waals surface area contributed by atoms with Crippen molar-refractivity contribution in [2.75, 3.05) is 0 Å². The summed E-state index contributed by atoms with van der Waals surface area (Å²) in [6.45, 7) is 3.44. The second-order valence-corrected chi connectivity index (χ2v) is 9.77. The van der Waals surface area contributed by atoms with E-state index >= 15 is 0 Å². The maximum Gasteiger partial charge on any atom is 0.231 e. The quantitative estimate of drug-likeness (QED) is 0.758. The van der Waals surface area contributed by atoms with Crippen LogP contribution in [-0.2, 0) is 20.0 Å². The summed E-state index contributed by atoms with van der Waals surface area (Å²) in [7, 11) is -8.17. The Balaban J connectivity index is 2.34. The Bertz CT molecular complexity index is 804. The van der Waals surface area contributed by atoms with E-state index in [1.54, 1.807) is 74.5 Å². The molecule has 0 fully saturated rings.